The Hall–Kier alpha value is -1.51. The highest BCUT2D eigenvalue weighted by atomic mass is 16.4. The zero-order valence-corrected chi connectivity index (χ0v) is 9.86. The molecule has 16 heavy (non-hydrogen) atoms. The van der Waals surface area contributed by atoms with Gasteiger partial charge in [-0.15, -0.1) is 0 Å². The molecule has 3 nitrogen and oxygen atoms in total. The van der Waals surface area contributed by atoms with Crippen LogP contribution in [0.5, 0.6) is 0 Å². The largest absolute Gasteiger partial charge is 0.481 e. The summed E-state index contributed by atoms with van der Waals surface area (Å²) in [5, 5.41) is 12.0. The van der Waals surface area contributed by atoms with Crippen molar-refractivity contribution in [1.29, 1.82) is 0 Å². The Kier molecular flexibility index (Phi) is 4.83. The van der Waals surface area contributed by atoms with Crippen molar-refractivity contribution < 1.29 is 9.90 Å². The van der Waals surface area contributed by atoms with Crippen LogP contribution < -0.4 is 5.32 Å². The minimum Gasteiger partial charge on any atom is -0.481 e. The van der Waals surface area contributed by atoms with Gasteiger partial charge in [0.05, 0.1) is 0 Å². The lowest BCUT2D eigenvalue weighted by Gasteiger charge is -2.14. The molecule has 0 saturated carbocycles. The van der Waals surface area contributed by atoms with Crippen molar-refractivity contribution in [2.24, 2.45) is 5.92 Å². The Morgan fingerprint density at radius 2 is 2.12 bits per heavy atom. The number of hydrogen-bond donors (Lipinski definition) is 2. The second-order valence-corrected chi connectivity index (χ2v) is 4.09. The molecule has 1 atom stereocenters. The van der Waals surface area contributed by atoms with E-state index in [0.717, 1.165) is 12.1 Å². The van der Waals surface area contributed by atoms with Crippen LogP contribution in [0.2, 0.25) is 0 Å². The van der Waals surface area contributed by atoms with E-state index in [1.807, 2.05) is 25.1 Å². The maximum absolute atomic E-state index is 10.5. The van der Waals surface area contributed by atoms with E-state index in [1.54, 1.807) is 0 Å². The van der Waals surface area contributed by atoms with Crippen LogP contribution in [0.3, 0.4) is 0 Å². The maximum Gasteiger partial charge on any atom is 0.303 e. The Labute approximate surface area is 96.5 Å². The third-order valence-electron chi connectivity index (χ3n) is 2.56. The molecule has 1 rings (SSSR count). The van der Waals surface area contributed by atoms with Crippen LogP contribution in [-0.4, -0.2) is 17.6 Å². The number of aliphatic carboxylic acids is 1. The molecule has 0 spiro atoms. The summed E-state index contributed by atoms with van der Waals surface area (Å²) < 4.78 is 0. The summed E-state index contributed by atoms with van der Waals surface area (Å²) in [7, 11) is 0. The third-order valence-corrected chi connectivity index (χ3v) is 2.56. The van der Waals surface area contributed by atoms with Crippen molar-refractivity contribution in [3.63, 3.8) is 0 Å². The lowest BCUT2D eigenvalue weighted by atomic mass is 10.1. The molecule has 0 radical (unpaired) electrons. The highest BCUT2D eigenvalue weighted by Crippen LogP contribution is 2.16. The lowest BCUT2D eigenvalue weighted by molar-refractivity contribution is -0.137. The normalized spacial score (nSPS) is 12.1. The van der Waals surface area contributed by atoms with Gasteiger partial charge in [-0.2, -0.15) is 0 Å². The molecule has 3 heteroatoms. The van der Waals surface area contributed by atoms with Gasteiger partial charge in [0, 0.05) is 18.7 Å². The van der Waals surface area contributed by atoms with Crippen LogP contribution >= 0.6 is 0 Å². The van der Waals surface area contributed by atoms with Crippen molar-refractivity contribution in [3.8, 4) is 0 Å². The minimum absolute atomic E-state index is 0.141. The van der Waals surface area contributed by atoms with Crippen molar-refractivity contribution >= 4 is 11.7 Å². The average molecular weight is 221 g/mol. The quantitative estimate of drug-likeness (QED) is 0.776. The average Bonchev–Trinajstić information content (AvgIpc) is 2.26. The Morgan fingerprint density at radius 3 is 2.75 bits per heavy atom. The molecule has 0 bridgehead atoms. The van der Waals surface area contributed by atoms with Gasteiger partial charge in [0.1, 0.15) is 0 Å². The molecule has 0 aliphatic heterocycles. The van der Waals surface area contributed by atoms with Gasteiger partial charge >= 0.3 is 5.97 Å². The molecule has 2 N–H and O–H groups in total. The predicted octanol–water partition coefficient (Wildman–Crippen LogP) is 2.77. The maximum atomic E-state index is 10.5. The lowest BCUT2D eigenvalue weighted by Crippen LogP contribution is -2.15. The first kappa shape index (κ1) is 12.6. The first-order valence-electron chi connectivity index (χ1n) is 5.67. The van der Waals surface area contributed by atoms with Gasteiger partial charge in [0.2, 0.25) is 0 Å². The fraction of sp³-hybridized carbons (Fsp3) is 0.462. The molecule has 1 aromatic carbocycles. The van der Waals surface area contributed by atoms with Gasteiger partial charge in [0.25, 0.3) is 0 Å². The molecule has 0 aromatic heterocycles. The first-order chi connectivity index (χ1) is 7.63. The van der Waals surface area contributed by atoms with Gasteiger partial charge < -0.3 is 10.4 Å². The van der Waals surface area contributed by atoms with Gasteiger partial charge in [-0.3, -0.25) is 4.79 Å². The molecular formula is C13H19NO2. The number of aryl methyl sites for hydroxylation is 1. The van der Waals surface area contributed by atoms with Gasteiger partial charge in [-0.1, -0.05) is 32.0 Å². The third kappa shape index (κ3) is 3.93. The van der Waals surface area contributed by atoms with Crippen molar-refractivity contribution in [3.05, 3.63) is 29.8 Å². The number of benzene rings is 1. The Balaban J connectivity index is 2.50. The van der Waals surface area contributed by atoms with Crippen LogP contribution in [0.15, 0.2) is 24.3 Å². The summed E-state index contributed by atoms with van der Waals surface area (Å²) in [5.74, 6) is -0.597. The van der Waals surface area contributed by atoms with Crippen LogP contribution in [0.1, 0.15) is 25.8 Å². The molecule has 0 amide bonds. The number of nitrogens with one attached hydrogen (secondary N) is 1. The number of anilines is 1. The van der Waals surface area contributed by atoms with Crippen molar-refractivity contribution in [2.75, 3.05) is 11.9 Å². The van der Waals surface area contributed by atoms with Gasteiger partial charge in [-0.05, 0) is 24.0 Å². The van der Waals surface area contributed by atoms with Crippen molar-refractivity contribution in [2.45, 2.75) is 26.7 Å². The highest BCUT2D eigenvalue weighted by molar-refractivity contribution is 5.67. The van der Waals surface area contributed by atoms with Crippen LogP contribution in [0.25, 0.3) is 0 Å². The summed E-state index contributed by atoms with van der Waals surface area (Å²) in [6, 6.07) is 8.13. The molecule has 1 unspecified atom stereocenters. The van der Waals surface area contributed by atoms with Gasteiger partial charge in [0.15, 0.2) is 0 Å². The fourth-order valence-electron chi connectivity index (χ4n) is 1.66. The van der Waals surface area contributed by atoms with Crippen molar-refractivity contribution in [1.82, 2.24) is 0 Å². The first-order valence-corrected chi connectivity index (χ1v) is 5.67. The number of carboxylic acid groups (broad SMARTS) is 1. The van der Waals surface area contributed by atoms with Crippen LogP contribution in [0, 0.1) is 5.92 Å². The van der Waals surface area contributed by atoms with E-state index in [4.69, 9.17) is 5.11 Å². The highest BCUT2D eigenvalue weighted by Gasteiger charge is 2.07. The zero-order valence-electron chi connectivity index (χ0n) is 9.86. The molecule has 0 saturated heterocycles. The standard InChI is InChI=1S/C13H19NO2/c1-3-11-6-4-5-7-12(11)14-9-10(2)8-13(15)16/h4-7,10,14H,3,8-9H2,1-2H3,(H,15,16). The summed E-state index contributed by atoms with van der Waals surface area (Å²) in [4.78, 5) is 10.5. The topological polar surface area (TPSA) is 49.3 Å². The van der Waals surface area contributed by atoms with E-state index >= 15 is 0 Å². The molecule has 1 aromatic rings. The minimum atomic E-state index is -0.738. The molecular weight excluding hydrogens is 202 g/mol. The van der Waals surface area contributed by atoms with E-state index in [1.165, 1.54) is 5.56 Å². The van der Waals surface area contributed by atoms with Crippen LogP contribution in [0.4, 0.5) is 5.69 Å². The van der Waals surface area contributed by atoms with E-state index < -0.39 is 5.97 Å². The SMILES string of the molecule is CCc1ccccc1NCC(C)CC(=O)O. The smallest absolute Gasteiger partial charge is 0.303 e. The molecule has 0 aliphatic rings. The second kappa shape index (κ2) is 6.16. The van der Waals surface area contributed by atoms with E-state index in [-0.39, 0.29) is 12.3 Å². The second-order valence-electron chi connectivity index (χ2n) is 4.09. The number of para-hydroxylation sites is 1. The zero-order chi connectivity index (χ0) is 12.0. The van der Waals surface area contributed by atoms with Crippen LogP contribution in [-0.2, 0) is 11.2 Å². The van der Waals surface area contributed by atoms with E-state index in [9.17, 15) is 4.79 Å². The molecule has 0 aliphatic carbocycles. The predicted molar refractivity (Wildman–Crippen MR) is 65.7 cm³/mol. The number of carboxylic acids is 1. The van der Waals surface area contributed by atoms with E-state index in [2.05, 4.69) is 18.3 Å². The summed E-state index contributed by atoms with van der Waals surface area (Å²) >= 11 is 0. The summed E-state index contributed by atoms with van der Waals surface area (Å²) in [5.41, 5.74) is 2.38. The van der Waals surface area contributed by atoms with Gasteiger partial charge in [-0.25, -0.2) is 0 Å². The number of carbonyl (C=O) groups is 1. The summed E-state index contributed by atoms with van der Waals surface area (Å²) in [6.07, 6.45) is 1.19. The van der Waals surface area contributed by atoms with E-state index in [0.29, 0.717) is 6.54 Å². The monoisotopic (exact) mass is 221 g/mol. The molecule has 88 valence electrons. The Bertz CT molecular complexity index is 350. The number of rotatable bonds is 6. The fourth-order valence-corrected chi connectivity index (χ4v) is 1.66. The molecule has 0 heterocycles. The molecule has 0 fully saturated rings. The summed E-state index contributed by atoms with van der Waals surface area (Å²) in [6.45, 7) is 4.75. The number of hydrogen-bond acceptors (Lipinski definition) is 2. The Morgan fingerprint density at radius 1 is 1.44 bits per heavy atom.